The maximum atomic E-state index is 13.1. The molecule has 3 aromatic rings. The third kappa shape index (κ3) is 5.74. The van der Waals surface area contributed by atoms with Gasteiger partial charge in [0.05, 0.1) is 17.3 Å². The second-order valence-electron chi connectivity index (χ2n) is 8.91. The van der Waals surface area contributed by atoms with E-state index in [0.29, 0.717) is 17.2 Å². The van der Waals surface area contributed by atoms with Gasteiger partial charge in [-0.05, 0) is 84.3 Å². The summed E-state index contributed by atoms with van der Waals surface area (Å²) < 4.78 is 39.3. The van der Waals surface area contributed by atoms with Crippen LogP contribution in [0, 0.1) is 19.8 Å². The number of nitrogen functional groups attached to an aromatic ring is 1. The normalized spacial score (nSPS) is 12.9. The highest BCUT2D eigenvalue weighted by atomic mass is 19.4. The highest BCUT2D eigenvalue weighted by Gasteiger charge is 2.30. The molecule has 1 heterocycles. The van der Waals surface area contributed by atoms with Crippen LogP contribution in [0.1, 0.15) is 59.8 Å². The first-order valence-corrected chi connectivity index (χ1v) is 11.2. The van der Waals surface area contributed by atoms with Crippen molar-refractivity contribution in [3.8, 4) is 11.1 Å². The molecule has 0 radical (unpaired) electrons. The van der Waals surface area contributed by atoms with Crippen molar-refractivity contribution in [1.82, 2.24) is 4.98 Å². The van der Waals surface area contributed by atoms with Crippen LogP contribution in [0.3, 0.4) is 0 Å². The number of alkyl halides is 3. The minimum absolute atomic E-state index is 0.0957. The number of aryl methyl sites for hydroxylation is 1. The van der Waals surface area contributed by atoms with E-state index in [-0.39, 0.29) is 6.04 Å². The molecule has 2 N–H and O–H groups in total. The van der Waals surface area contributed by atoms with Gasteiger partial charge < -0.3 is 5.73 Å². The van der Waals surface area contributed by atoms with Gasteiger partial charge in [-0.15, -0.1) is 0 Å². The summed E-state index contributed by atoms with van der Waals surface area (Å²) in [5.74, 6) is 0.417. The molecule has 3 nitrogen and oxygen atoms in total. The van der Waals surface area contributed by atoms with Crippen LogP contribution in [0.15, 0.2) is 60.2 Å². The number of nitrogens with zero attached hydrogens (tertiary/aromatic N) is 2. The molecule has 1 aromatic heterocycles. The first kappa shape index (κ1) is 25.2. The van der Waals surface area contributed by atoms with E-state index in [4.69, 9.17) is 10.7 Å². The largest absolute Gasteiger partial charge is 0.416 e. The summed E-state index contributed by atoms with van der Waals surface area (Å²) in [6, 6.07) is 11.3. The maximum absolute atomic E-state index is 13.1. The molecule has 0 amide bonds. The zero-order valence-corrected chi connectivity index (χ0v) is 19.9. The molecular formula is C28H30F3N3. The Bertz CT molecular complexity index is 1190. The van der Waals surface area contributed by atoms with Crippen LogP contribution in [0.5, 0.6) is 0 Å². The zero-order chi connectivity index (χ0) is 25.0. The fraction of sp³-hybridized carbons (Fsp3) is 0.286. The molecule has 0 aliphatic rings. The molecule has 0 saturated heterocycles. The standard InChI is InChI=1S/C28H30F3N3/c1-6-22-9-7-20(15-33-22)27(13-17(2)3)34-16-25-19(5)24(11-12-26(25)32)23-10-8-21(14-18(23)4)28(29,30)31/h6-12,14-17,27H,1,13,32H2,2-5H3. The lowest BCUT2D eigenvalue weighted by molar-refractivity contribution is -0.137. The molecule has 3 rings (SSSR count). The molecule has 0 saturated carbocycles. The molecule has 0 fully saturated rings. The smallest absolute Gasteiger partial charge is 0.398 e. The van der Waals surface area contributed by atoms with E-state index < -0.39 is 11.7 Å². The Morgan fingerprint density at radius 1 is 1.06 bits per heavy atom. The average Bonchev–Trinajstić information content (AvgIpc) is 2.78. The zero-order valence-electron chi connectivity index (χ0n) is 19.9. The van der Waals surface area contributed by atoms with E-state index in [1.54, 1.807) is 25.3 Å². The van der Waals surface area contributed by atoms with Gasteiger partial charge in [-0.2, -0.15) is 13.2 Å². The van der Waals surface area contributed by atoms with Gasteiger partial charge >= 0.3 is 6.18 Å². The second kappa shape index (κ2) is 10.2. The van der Waals surface area contributed by atoms with Gasteiger partial charge in [0, 0.05) is 23.7 Å². The second-order valence-corrected chi connectivity index (χ2v) is 8.91. The Labute approximate surface area is 199 Å². The number of halogens is 3. The van der Waals surface area contributed by atoms with Gasteiger partial charge in [0.15, 0.2) is 0 Å². The first-order chi connectivity index (χ1) is 16.0. The minimum Gasteiger partial charge on any atom is -0.398 e. The van der Waals surface area contributed by atoms with Crippen molar-refractivity contribution in [1.29, 1.82) is 0 Å². The van der Waals surface area contributed by atoms with Crippen LogP contribution in [0.2, 0.25) is 0 Å². The van der Waals surface area contributed by atoms with Gasteiger partial charge in [0.2, 0.25) is 0 Å². The third-order valence-electron chi connectivity index (χ3n) is 5.87. The minimum atomic E-state index is -4.37. The molecule has 6 heteroatoms. The summed E-state index contributed by atoms with van der Waals surface area (Å²) in [5.41, 5.74) is 11.8. The fourth-order valence-corrected chi connectivity index (χ4v) is 3.98. The summed E-state index contributed by atoms with van der Waals surface area (Å²) in [5, 5.41) is 0. The average molecular weight is 466 g/mol. The Hall–Kier alpha value is -3.41. The SMILES string of the molecule is C=Cc1ccc(C(CC(C)C)N=Cc2c(N)ccc(-c3ccc(C(F)(F)F)cc3C)c2C)cn1. The molecule has 2 aromatic carbocycles. The number of pyridine rings is 1. The number of hydrogen-bond donors (Lipinski definition) is 1. The van der Waals surface area contributed by atoms with Crippen molar-refractivity contribution in [3.05, 3.63) is 88.8 Å². The highest BCUT2D eigenvalue weighted by Crippen LogP contribution is 2.36. The van der Waals surface area contributed by atoms with Crippen molar-refractivity contribution in [2.24, 2.45) is 10.9 Å². The molecule has 0 aliphatic heterocycles. The van der Waals surface area contributed by atoms with Crippen molar-refractivity contribution in [2.45, 2.75) is 46.3 Å². The number of benzene rings is 2. The topological polar surface area (TPSA) is 51.3 Å². The molecule has 178 valence electrons. The lowest BCUT2D eigenvalue weighted by atomic mass is 9.92. The van der Waals surface area contributed by atoms with Crippen LogP contribution < -0.4 is 5.73 Å². The number of anilines is 1. The van der Waals surface area contributed by atoms with Gasteiger partial charge in [-0.1, -0.05) is 38.6 Å². The number of rotatable bonds is 7. The molecule has 1 atom stereocenters. The highest BCUT2D eigenvalue weighted by molar-refractivity contribution is 5.92. The van der Waals surface area contributed by atoms with Gasteiger partial charge in [-0.25, -0.2) is 0 Å². The van der Waals surface area contributed by atoms with Crippen molar-refractivity contribution in [2.75, 3.05) is 5.73 Å². The summed E-state index contributed by atoms with van der Waals surface area (Å²) in [7, 11) is 0. The number of nitrogens with two attached hydrogens (primary N) is 1. The van der Waals surface area contributed by atoms with Crippen LogP contribution in [-0.4, -0.2) is 11.2 Å². The number of aliphatic imine (C=N–C) groups is 1. The van der Waals surface area contributed by atoms with Gasteiger partial charge in [-0.3, -0.25) is 9.98 Å². The number of aromatic nitrogens is 1. The van der Waals surface area contributed by atoms with Crippen LogP contribution in [-0.2, 0) is 6.18 Å². The first-order valence-electron chi connectivity index (χ1n) is 11.2. The van der Waals surface area contributed by atoms with Crippen molar-refractivity contribution in [3.63, 3.8) is 0 Å². The predicted octanol–water partition coefficient (Wildman–Crippen LogP) is 7.82. The molecule has 34 heavy (non-hydrogen) atoms. The quantitative estimate of drug-likeness (QED) is 0.286. The van der Waals surface area contributed by atoms with Crippen LogP contribution in [0.25, 0.3) is 17.2 Å². The summed E-state index contributed by atoms with van der Waals surface area (Å²) in [6.45, 7) is 11.6. The number of hydrogen-bond acceptors (Lipinski definition) is 3. The van der Waals surface area contributed by atoms with E-state index in [1.807, 2.05) is 31.3 Å². The van der Waals surface area contributed by atoms with Gasteiger partial charge in [0.1, 0.15) is 0 Å². The van der Waals surface area contributed by atoms with E-state index in [1.165, 1.54) is 12.1 Å². The molecule has 1 unspecified atom stereocenters. The van der Waals surface area contributed by atoms with Crippen molar-refractivity contribution < 1.29 is 13.2 Å². The maximum Gasteiger partial charge on any atom is 0.416 e. The fourth-order valence-electron chi connectivity index (χ4n) is 3.98. The summed E-state index contributed by atoms with van der Waals surface area (Å²) >= 11 is 0. The third-order valence-corrected chi connectivity index (χ3v) is 5.87. The van der Waals surface area contributed by atoms with Gasteiger partial charge in [0.25, 0.3) is 0 Å². The predicted molar refractivity (Wildman–Crippen MR) is 135 cm³/mol. The lowest BCUT2D eigenvalue weighted by Gasteiger charge is -2.17. The molecule has 0 aliphatic carbocycles. The van der Waals surface area contributed by atoms with Crippen LogP contribution in [0.4, 0.5) is 18.9 Å². The Morgan fingerprint density at radius 3 is 2.32 bits per heavy atom. The van der Waals surface area contributed by atoms with Crippen molar-refractivity contribution >= 4 is 18.0 Å². The Kier molecular flexibility index (Phi) is 7.60. The summed E-state index contributed by atoms with van der Waals surface area (Å²) in [6.07, 6.45) is 1.76. The lowest BCUT2D eigenvalue weighted by Crippen LogP contribution is -2.06. The van der Waals surface area contributed by atoms with Crippen LogP contribution >= 0.6 is 0 Å². The molecule has 0 spiro atoms. The van der Waals surface area contributed by atoms with E-state index in [2.05, 4.69) is 25.4 Å². The Balaban J connectivity index is 2.01. The van der Waals surface area contributed by atoms with E-state index in [0.717, 1.165) is 46.0 Å². The monoisotopic (exact) mass is 465 g/mol. The van der Waals surface area contributed by atoms with E-state index in [9.17, 15) is 13.2 Å². The molecule has 0 bridgehead atoms. The molecular weight excluding hydrogens is 435 g/mol. The Morgan fingerprint density at radius 2 is 1.76 bits per heavy atom. The summed E-state index contributed by atoms with van der Waals surface area (Å²) in [4.78, 5) is 9.27. The van der Waals surface area contributed by atoms with E-state index >= 15 is 0 Å².